The predicted molar refractivity (Wildman–Crippen MR) is 99.7 cm³/mol. The number of hydrogen-bond donors (Lipinski definition) is 0. The molecule has 0 radical (unpaired) electrons. The van der Waals surface area contributed by atoms with Crippen LogP contribution in [-0.2, 0) is 14.3 Å². The molecule has 1 fully saturated rings. The van der Waals surface area contributed by atoms with Crippen molar-refractivity contribution in [3.63, 3.8) is 0 Å². The molecule has 1 rings (SSSR count). The molecule has 24 heavy (non-hydrogen) atoms. The molecule has 1 aliphatic rings. The quantitative estimate of drug-likeness (QED) is 0.424. The number of carbonyl (C=O) groups excluding carboxylic acids is 1. The molecule has 3 heteroatoms. The van der Waals surface area contributed by atoms with E-state index in [-0.39, 0.29) is 23.4 Å². The van der Waals surface area contributed by atoms with E-state index in [1.807, 2.05) is 6.92 Å². The molecule has 0 aromatic rings. The summed E-state index contributed by atoms with van der Waals surface area (Å²) in [4.78, 5) is 13.0. The summed E-state index contributed by atoms with van der Waals surface area (Å²) in [5, 5.41) is 0. The third kappa shape index (κ3) is 6.06. The number of carbonyl (C=O) groups is 1. The van der Waals surface area contributed by atoms with E-state index in [1.165, 1.54) is 19.3 Å². The van der Waals surface area contributed by atoms with Crippen molar-refractivity contribution in [2.75, 3.05) is 0 Å². The largest absolute Gasteiger partial charge is 0.435 e. The lowest BCUT2D eigenvalue weighted by Gasteiger charge is -2.39. The molecule has 0 aromatic heterocycles. The summed E-state index contributed by atoms with van der Waals surface area (Å²) in [5.74, 6) is 0.585. The normalized spacial score (nSPS) is 20.9. The van der Waals surface area contributed by atoms with E-state index in [0.717, 1.165) is 19.3 Å². The van der Waals surface area contributed by atoms with Crippen LogP contribution in [0.15, 0.2) is 0 Å². The topological polar surface area (TPSA) is 35.5 Å². The number of esters is 1. The zero-order valence-corrected chi connectivity index (χ0v) is 17.3. The van der Waals surface area contributed by atoms with Crippen LogP contribution in [-0.4, -0.2) is 18.4 Å². The standard InChI is InChI=1S/C21H40O3/c1-15(2)14-21(8,16(3)4)18(22)24-19(20(5,6)7)23-17-12-10-9-11-13-17/h15-17,19H,9-14H2,1-8H3. The molecule has 0 N–H and O–H groups in total. The number of ether oxygens (including phenoxy) is 2. The van der Waals surface area contributed by atoms with Gasteiger partial charge in [-0.05, 0) is 38.0 Å². The van der Waals surface area contributed by atoms with Gasteiger partial charge in [-0.3, -0.25) is 4.79 Å². The lowest BCUT2D eigenvalue weighted by molar-refractivity contribution is -0.231. The Morgan fingerprint density at radius 1 is 1.00 bits per heavy atom. The second-order valence-electron chi connectivity index (χ2n) is 9.67. The molecule has 0 bridgehead atoms. The average molecular weight is 341 g/mol. The van der Waals surface area contributed by atoms with Crippen molar-refractivity contribution in [3.8, 4) is 0 Å². The van der Waals surface area contributed by atoms with Gasteiger partial charge < -0.3 is 9.47 Å². The highest BCUT2D eigenvalue weighted by Crippen LogP contribution is 2.38. The summed E-state index contributed by atoms with van der Waals surface area (Å²) < 4.78 is 12.2. The highest BCUT2D eigenvalue weighted by atomic mass is 16.7. The molecule has 2 unspecified atom stereocenters. The van der Waals surface area contributed by atoms with Crippen LogP contribution in [0, 0.1) is 22.7 Å². The Kier molecular flexibility index (Phi) is 7.77. The van der Waals surface area contributed by atoms with Gasteiger partial charge in [0.05, 0.1) is 11.5 Å². The first-order valence-corrected chi connectivity index (χ1v) is 9.83. The van der Waals surface area contributed by atoms with Gasteiger partial charge in [-0.2, -0.15) is 0 Å². The minimum absolute atomic E-state index is 0.109. The fraction of sp³-hybridized carbons (Fsp3) is 0.952. The molecule has 0 spiro atoms. The predicted octanol–water partition coefficient (Wildman–Crippen LogP) is 5.96. The molecular weight excluding hydrogens is 300 g/mol. The second kappa shape index (κ2) is 8.69. The first-order chi connectivity index (χ1) is 11.0. The van der Waals surface area contributed by atoms with Crippen LogP contribution in [0.5, 0.6) is 0 Å². The maximum absolute atomic E-state index is 13.0. The molecule has 0 saturated heterocycles. The van der Waals surface area contributed by atoms with Crippen LogP contribution in [0.25, 0.3) is 0 Å². The smallest absolute Gasteiger partial charge is 0.314 e. The lowest BCUT2D eigenvalue weighted by Crippen LogP contribution is -2.44. The molecular formula is C21H40O3. The monoisotopic (exact) mass is 340 g/mol. The highest BCUT2D eigenvalue weighted by molar-refractivity contribution is 5.76. The van der Waals surface area contributed by atoms with Crippen LogP contribution >= 0.6 is 0 Å². The van der Waals surface area contributed by atoms with Gasteiger partial charge in [0, 0.05) is 5.41 Å². The van der Waals surface area contributed by atoms with Crippen molar-refractivity contribution in [2.45, 2.75) is 106 Å². The Morgan fingerprint density at radius 3 is 1.96 bits per heavy atom. The summed E-state index contributed by atoms with van der Waals surface area (Å²) in [6.45, 7) is 16.8. The minimum atomic E-state index is -0.474. The van der Waals surface area contributed by atoms with Gasteiger partial charge in [0.15, 0.2) is 0 Å². The Labute approximate surface area is 149 Å². The third-order valence-electron chi connectivity index (χ3n) is 5.36. The van der Waals surface area contributed by atoms with E-state index in [2.05, 4.69) is 48.5 Å². The molecule has 1 saturated carbocycles. The average Bonchev–Trinajstić information content (AvgIpc) is 2.45. The number of rotatable bonds is 7. The Hall–Kier alpha value is -0.570. The van der Waals surface area contributed by atoms with Crippen LogP contribution in [0.1, 0.15) is 93.9 Å². The molecule has 0 aromatic carbocycles. The van der Waals surface area contributed by atoms with Crippen molar-refractivity contribution >= 4 is 5.97 Å². The van der Waals surface area contributed by atoms with E-state index in [0.29, 0.717) is 5.92 Å². The maximum Gasteiger partial charge on any atom is 0.314 e. The Morgan fingerprint density at radius 2 is 1.54 bits per heavy atom. The van der Waals surface area contributed by atoms with E-state index < -0.39 is 11.7 Å². The van der Waals surface area contributed by atoms with Crippen molar-refractivity contribution in [1.29, 1.82) is 0 Å². The van der Waals surface area contributed by atoms with E-state index in [4.69, 9.17) is 9.47 Å². The van der Waals surface area contributed by atoms with Gasteiger partial charge in [0.2, 0.25) is 6.29 Å². The first kappa shape index (κ1) is 21.5. The molecule has 1 aliphatic carbocycles. The summed E-state index contributed by atoms with van der Waals surface area (Å²) in [6.07, 6.45) is 6.47. The summed E-state index contributed by atoms with van der Waals surface area (Å²) in [6, 6.07) is 0. The maximum atomic E-state index is 13.0. The van der Waals surface area contributed by atoms with Crippen molar-refractivity contribution in [1.82, 2.24) is 0 Å². The molecule has 0 amide bonds. The van der Waals surface area contributed by atoms with E-state index >= 15 is 0 Å². The zero-order valence-electron chi connectivity index (χ0n) is 17.3. The van der Waals surface area contributed by atoms with Gasteiger partial charge in [-0.1, -0.05) is 67.7 Å². The fourth-order valence-corrected chi connectivity index (χ4v) is 3.42. The summed E-state index contributed by atoms with van der Waals surface area (Å²) in [5.41, 5.74) is -0.684. The van der Waals surface area contributed by atoms with Crippen LogP contribution in [0.4, 0.5) is 0 Å². The molecule has 142 valence electrons. The molecule has 0 heterocycles. The van der Waals surface area contributed by atoms with Crippen LogP contribution in [0.3, 0.4) is 0 Å². The van der Waals surface area contributed by atoms with E-state index in [1.54, 1.807) is 0 Å². The zero-order chi connectivity index (χ0) is 18.5. The molecule has 0 aliphatic heterocycles. The van der Waals surface area contributed by atoms with Crippen molar-refractivity contribution in [2.24, 2.45) is 22.7 Å². The molecule has 2 atom stereocenters. The Bertz CT molecular complexity index is 388. The van der Waals surface area contributed by atoms with Gasteiger partial charge in [0.25, 0.3) is 0 Å². The molecule has 3 nitrogen and oxygen atoms in total. The van der Waals surface area contributed by atoms with Gasteiger partial charge in [-0.15, -0.1) is 0 Å². The van der Waals surface area contributed by atoms with Gasteiger partial charge in [-0.25, -0.2) is 0 Å². The highest BCUT2D eigenvalue weighted by Gasteiger charge is 2.42. The third-order valence-corrected chi connectivity index (χ3v) is 5.36. The summed E-state index contributed by atoms with van der Waals surface area (Å²) >= 11 is 0. The summed E-state index contributed by atoms with van der Waals surface area (Å²) in [7, 11) is 0. The minimum Gasteiger partial charge on any atom is -0.435 e. The lowest BCUT2D eigenvalue weighted by atomic mass is 9.73. The SMILES string of the molecule is CC(C)CC(C)(C(=O)OC(OC1CCCCC1)C(C)(C)C)C(C)C. The van der Waals surface area contributed by atoms with Gasteiger partial charge in [0.1, 0.15) is 0 Å². The van der Waals surface area contributed by atoms with E-state index in [9.17, 15) is 4.79 Å². The first-order valence-electron chi connectivity index (χ1n) is 9.83. The van der Waals surface area contributed by atoms with Crippen molar-refractivity contribution < 1.29 is 14.3 Å². The van der Waals surface area contributed by atoms with Gasteiger partial charge >= 0.3 is 5.97 Å². The van der Waals surface area contributed by atoms with Crippen LogP contribution < -0.4 is 0 Å². The second-order valence-corrected chi connectivity index (χ2v) is 9.67. The van der Waals surface area contributed by atoms with Crippen molar-refractivity contribution in [3.05, 3.63) is 0 Å². The number of hydrogen-bond acceptors (Lipinski definition) is 3. The fourth-order valence-electron chi connectivity index (χ4n) is 3.42. The van der Waals surface area contributed by atoms with Crippen LogP contribution in [0.2, 0.25) is 0 Å². The Balaban J connectivity index is 2.85.